The maximum atomic E-state index is 12.2. The normalized spacial score (nSPS) is 19.4. The van der Waals surface area contributed by atoms with E-state index in [1.807, 2.05) is 0 Å². The summed E-state index contributed by atoms with van der Waals surface area (Å²) < 4.78 is 0. The smallest absolute Gasteiger partial charge is 0.270 e. The van der Waals surface area contributed by atoms with Crippen LogP contribution in [0.1, 0.15) is 38.1 Å². The Morgan fingerprint density at radius 2 is 1.85 bits per heavy atom. The third-order valence-corrected chi connectivity index (χ3v) is 5.03. The SMILES string of the molecule is CC1(C)C(NC(=O)c2cc([N+](=O)[O-])ccc2Cl)C1(C)C. The number of amides is 1. The van der Waals surface area contributed by atoms with Crippen LogP contribution in [0.5, 0.6) is 0 Å². The molecule has 0 radical (unpaired) electrons. The standard InChI is InChI=1S/C14H17ClN2O3/c1-13(2)12(14(13,3)4)16-11(18)9-7-8(17(19)20)5-6-10(9)15/h5-7,12H,1-4H3,(H,16,18). The average Bonchev–Trinajstić information content (AvgIpc) is 2.71. The van der Waals surface area contributed by atoms with Crippen molar-refractivity contribution in [3.05, 3.63) is 38.9 Å². The number of benzene rings is 1. The molecule has 5 nitrogen and oxygen atoms in total. The highest BCUT2D eigenvalue weighted by atomic mass is 35.5. The molecule has 1 aromatic rings. The van der Waals surface area contributed by atoms with E-state index in [-0.39, 0.29) is 39.1 Å². The van der Waals surface area contributed by atoms with Gasteiger partial charge in [-0.15, -0.1) is 0 Å². The maximum Gasteiger partial charge on any atom is 0.270 e. The molecule has 1 saturated carbocycles. The van der Waals surface area contributed by atoms with Crippen molar-refractivity contribution in [2.45, 2.75) is 33.7 Å². The molecule has 1 aliphatic rings. The van der Waals surface area contributed by atoms with Crippen molar-refractivity contribution in [1.29, 1.82) is 0 Å². The summed E-state index contributed by atoms with van der Waals surface area (Å²) in [5.41, 5.74) is -0.0145. The summed E-state index contributed by atoms with van der Waals surface area (Å²) in [7, 11) is 0. The maximum absolute atomic E-state index is 12.2. The summed E-state index contributed by atoms with van der Waals surface area (Å²) in [6, 6.07) is 3.89. The molecule has 1 aliphatic carbocycles. The van der Waals surface area contributed by atoms with Crippen molar-refractivity contribution in [2.75, 3.05) is 0 Å². The molecule has 2 rings (SSSR count). The average molecular weight is 297 g/mol. The van der Waals surface area contributed by atoms with Gasteiger partial charge in [-0.05, 0) is 16.9 Å². The summed E-state index contributed by atoms with van der Waals surface area (Å²) in [5, 5.41) is 13.9. The Bertz CT molecular complexity index is 582. The van der Waals surface area contributed by atoms with Gasteiger partial charge in [0.15, 0.2) is 0 Å². The zero-order valence-electron chi connectivity index (χ0n) is 11.9. The van der Waals surface area contributed by atoms with Crippen LogP contribution in [0.25, 0.3) is 0 Å². The monoisotopic (exact) mass is 296 g/mol. The second-order valence-electron chi connectivity index (χ2n) is 6.27. The molecule has 0 aromatic heterocycles. The Labute approximate surface area is 122 Å². The van der Waals surface area contributed by atoms with Gasteiger partial charge in [-0.3, -0.25) is 14.9 Å². The molecule has 1 N–H and O–H groups in total. The van der Waals surface area contributed by atoms with Crippen molar-refractivity contribution >= 4 is 23.2 Å². The minimum atomic E-state index is -0.544. The van der Waals surface area contributed by atoms with Crippen LogP contribution in [0, 0.1) is 20.9 Å². The summed E-state index contributed by atoms with van der Waals surface area (Å²) in [5.74, 6) is -0.373. The van der Waals surface area contributed by atoms with Crippen molar-refractivity contribution < 1.29 is 9.72 Å². The van der Waals surface area contributed by atoms with Crippen molar-refractivity contribution in [1.82, 2.24) is 5.32 Å². The van der Waals surface area contributed by atoms with Crippen LogP contribution < -0.4 is 5.32 Å². The second-order valence-corrected chi connectivity index (χ2v) is 6.68. The predicted octanol–water partition coefficient (Wildman–Crippen LogP) is 3.41. The third kappa shape index (κ3) is 2.16. The van der Waals surface area contributed by atoms with Crippen molar-refractivity contribution in [3.8, 4) is 0 Å². The Morgan fingerprint density at radius 3 is 2.30 bits per heavy atom. The lowest BCUT2D eigenvalue weighted by Crippen LogP contribution is -2.30. The number of nitro benzene ring substituents is 1. The zero-order chi connectivity index (χ0) is 15.3. The lowest BCUT2D eigenvalue weighted by Gasteiger charge is -2.08. The van der Waals surface area contributed by atoms with Gasteiger partial charge in [0.1, 0.15) is 0 Å². The molecule has 0 heterocycles. The van der Waals surface area contributed by atoms with Crippen LogP contribution in [-0.2, 0) is 0 Å². The van der Waals surface area contributed by atoms with Gasteiger partial charge in [-0.2, -0.15) is 0 Å². The fraction of sp³-hybridized carbons (Fsp3) is 0.500. The number of carbonyl (C=O) groups excluding carboxylic acids is 1. The number of hydrogen-bond donors (Lipinski definition) is 1. The number of nitro groups is 1. The molecule has 20 heavy (non-hydrogen) atoms. The molecule has 6 heteroatoms. The molecular formula is C14H17ClN2O3. The highest BCUT2D eigenvalue weighted by Gasteiger charge is 2.65. The Balaban J connectivity index is 2.23. The van der Waals surface area contributed by atoms with E-state index in [4.69, 9.17) is 11.6 Å². The molecule has 0 saturated heterocycles. The molecule has 0 aliphatic heterocycles. The molecule has 0 unspecified atom stereocenters. The summed E-state index contributed by atoms with van der Waals surface area (Å²) >= 11 is 5.96. The first-order chi connectivity index (χ1) is 9.09. The molecule has 0 bridgehead atoms. The van der Waals surface area contributed by atoms with Gasteiger partial charge in [0, 0.05) is 18.2 Å². The zero-order valence-corrected chi connectivity index (χ0v) is 12.6. The van der Waals surface area contributed by atoms with E-state index in [2.05, 4.69) is 33.0 Å². The molecule has 1 fully saturated rings. The quantitative estimate of drug-likeness (QED) is 0.686. The number of non-ortho nitro benzene ring substituents is 1. The van der Waals surface area contributed by atoms with Gasteiger partial charge in [-0.1, -0.05) is 39.3 Å². The number of hydrogen-bond acceptors (Lipinski definition) is 3. The Morgan fingerprint density at radius 1 is 1.30 bits per heavy atom. The van der Waals surface area contributed by atoms with Gasteiger partial charge < -0.3 is 5.32 Å². The lowest BCUT2D eigenvalue weighted by atomic mass is 10.0. The molecule has 108 valence electrons. The summed E-state index contributed by atoms with van der Waals surface area (Å²) in [4.78, 5) is 22.5. The van der Waals surface area contributed by atoms with Gasteiger partial charge in [-0.25, -0.2) is 0 Å². The number of rotatable bonds is 3. The lowest BCUT2D eigenvalue weighted by molar-refractivity contribution is -0.384. The van der Waals surface area contributed by atoms with Crippen LogP contribution in [-0.4, -0.2) is 16.9 Å². The molecule has 0 atom stereocenters. The van der Waals surface area contributed by atoms with Crippen LogP contribution in [0.15, 0.2) is 18.2 Å². The van der Waals surface area contributed by atoms with Gasteiger partial charge in [0.2, 0.25) is 0 Å². The van der Waals surface area contributed by atoms with E-state index in [1.54, 1.807) is 0 Å². The fourth-order valence-electron chi connectivity index (χ4n) is 2.57. The number of nitrogens with one attached hydrogen (secondary N) is 1. The van der Waals surface area contributed by atoms with E-state index in [0.717, 1.165) is 0 Å². The van der Waals surface area contributed by atoms with Crippen LogP contribution in [0.4, 0.5) is 5.69 Å². The first kappa shape index (κ1) is 14.8. The number of nitrogens with zero attached hydrogens (tertiary/aromatic N) is 1. The predicted molar refractivity (Wildman–Crippen MR) is 76.9 cm³/mol. The fourth-order valence-corrected chi connectivity index (χ4v) is 2.77. The van der Waals surface area contributed by atoms with Crippen LogP contribution >= 0.6 is 11.6 Å². The van der Waals surface area contributed by atoms with E-state index in [0.29, 0.717) is 0 Å². The highest BCUT2D eigenvalue weighted by molar-refractivity contribution is 6.34. The molecule has 1 amide bonds. The van der Waals surface area contributed by atoms with Gasteiger partial charge >= 0.3 is 0 Å². The van der Waals surface area contributed by atoms with E-state index >= 15 is 0 Å². The topological polar surface area (TPSA) is 72.2 Å². The largest absolute Gasteiger partial charge is 0.348 e. The van der Waals surface area contributed by atoms with E-state index in [1.165, 1.54) is 18.2 Å². The number of carbonyl (C=O) groups is 1. The Hall–Kier alpha value is -1.62. The molecular weight excluding hydrogens is 280 g/mol. The van der Waals surface area contributed by atoms with Crippen molar-refractivity contribution in [3.63, 3.8) is 0 Å². The second kappa shape index (κ2) is 4.45. The van der Waals surface area contributed by atoms with Gasteiger partial charge in [0.05, 0.1) is 15.5 Å². The van der Waals surface area contributed by atoms with Crippen LogP contribution in [0.2, 0.25) is 5.02 Å². The summed E-state index contributed by atoms with van der Waals surface area (Å²) in [6.07, 6.45) is 0. The first-order valence-corrected chi connectivity index (χ1v) is 6.71. The number of halogens is 1. The summed E-state index contributed by atoms with van der Waals surface area (Å²) in [6.45, 7) is 8.31. The van der Waals surface area contributed by atoms with E-state index in [9.17, 15) is 14.9 Å². The highest BCUT2D eigenvalue weighted by Crippen LogP contribution is 2.62. The minimum absolute atomic E-state index is 0.00412. The minimum Gasteiger partial charge on any atom is -0.348 e. The van der Waals surface area contributed by atoms with E-state index < -0.39 is 4.92 Å². The van der Waals surface area contributed by atoms with Gasteiger partial charge in [0.25, 0.3) is 11.6 Å². The third-order valence-electron chi connectivity index (χ3n) is 4.70. The molecule has 1 aromatic carbocycles. The Kier molecular flexibility index (Phi) is 3.29. The van der Waals surface area contributed by atoms with Crippen molar-refractivity contribution in [2.24, 2.45) is 10.8 Å². The van der Waals surface area contributed by atoms with Crippen LogP contribution in [0.3, 0.4) is 0 Å². The first-order valence-electron chi connectivity index (χ1n) is 6.34. The molecule has 0 spiro atoms.